The van der Waals surface area contributed by atoms with Crippen molar-refractivity contribution < 1.29 is 14.1 Å². The van der Waals surface area contributed by atoms with E-state index in [-0.39, 0.29) is 34.9 Å². The third kappa shape index (κ3) is 2.95. The molecule has 1 aliphatic carbocycles. The molecule has 6 heteroatoms. The molecular formula is C16H13FN2O3. The van der Waals surface area contributed by atoms with Gasteiger partial charge in [-0.2, -0.15) is 0 Å². The Hall–Kier alpha value is -2.76. The monoisotopic (exact) mass is 300 g/mol. The number of carbonyl (C=O) groups is 1. The normalized spacial score (nSPS) is 19.5. The standard InChI is InChI=1S/C16H13FN2O3/c17-12-5-1-3-10(7-12)14-9-15(14)18-16(20)11-4-2-6-13(8-11)19(21)22/h1-8,14-15H,9H2,(H,18,20)/t14-,15+/m1/s1. The predicted octanol–water partition coefficient (Wildman–Crippen LogP) is 3.02. The van der Waals surface area contributed by atoms with Gasteiger partial charge in [0.05, 0.1) is 4.92 Å². The summed E-state index contributed by atoms with van der Waals surface area (Å²) >= 11 is 0. The summed E-state index contributed by atoms with van der Waals surface area (Å²) in [6, 6.07) is 11.8. The average Bonchev–Trinajstić information content (AvgIpc) is 3.26. The van der Waals surface area contributed by atoms with Gasteiger partial charge >= 0.3 is 0 Å². The van der Waals surface area contributed by atoms with E-state index in [2.05, 4.69) is 5.32 Å². The predicted molar refractivity (Wildman–Crippen MR) is 78.1 cm³/mol. The number of nitro groups is 1. The SMILES string of the molecule is O=C(N[C@H]1C[C@@H]1c1cccc(F)c1)c1cccc([N+](=O)[O-])c1. The molecule has 0 unspecified atom stereocenters. The summed E-state index contributed by atoms with van der Waals surface area (Å²) in [4.78, 5) is 22.3. The lowest BCUT2D eigenvalue weighted by atomic mass is 10.1. The van der Waals surface area contributed by atoms with E-state index in [1.165, 1.54) is 36.4 Å². The van der Waals surface area contributed by atoms with Gasteiger partial charge in [-0.05, 0) is 30.2 Å². The van der Waals surface area contributed by atoms with Crippen LogP contribution in [0.25, 0.3) is 0 Å². The van der Waals surface area contributed by atoms with Crippen LogP contribution in [0.4, 0.5) is 10.1 Å². The molecule has 2 atom stereocenters. The molecule has 3 rings (SSSR count). The van der Waals surface area contributed by atoms with Crippen LogP contribution in [0.15, 0.2) is 48.5 Å². The van der Waals surface area contributed by atoms with Crippen LogP contribution in [0, 0.1) is 15.9 Å². The first-order valence-corrected chi connectivity index (χ1v) is 6.85. The molecule has 112 valence electrons. The fourth-order valence-corrected chi connectivity index (χ4v) is 2.47. The van der Waals surface area contributed by atoms with E-state index >= 15 is 0 Å². The molecule has 0 radical (unpaired) electrons. The Morgan fingerprint density at radius 1 is 1.23 bits per heavy atom. The van der Waals surface area contributed by atoms with E-state index in [1.807, 2.05) is 6.07 Å². The Kier molecular flexibility index (Phi) is 3.58. The lowest BCUT2D eigenvalue weighted by Gasteiger charge is -2.05. The highest BCUT2D eigenvalue weighted by atomic mass is 19.1. The van der Waals surface area contributed by atoms with Crippen LogP contribution in [0.3, 0.4) is 0 Å². The molecule has 0 aromatic heterocycles. The summed E-state index contributed by atoms with van der Waals surface area (Å²) in [6.45, 7) is 0. The highest BCUT2D eigenvalue weighted by Crippen LogP contribution is 2.41. The number of nitrogens with one attached hydrogen (secondary N) is 1. The molecule has 0 saturated heterocycles. The number of amides is 1. The first-order valence-electron chi connectivity index (χ1n) is 6.85. The summed E-state index contributed by atoms with van der Waals surface area (Å²) in [5, 5.41) is 13.5. The topological polar surface area (TPSA) is 72.2 Å². The van der Waals surface area contributed by atoms with E-state index in [0.717, 1.165) is 12.0 Å². The lowest BCUT2D eigenvalue weighted by molar-refractivity contribution is -0.384. The number of non-ortho nitro benzene ring substituents is 1. The highest BCUT2D eigenvalue weighted by molar-refractivity contribution is 5.95. The Labute approximate surface area is 125 Å². The molecule has 0 bridgehead atoms. The van der Waals surface area contributed by atoms with Crippen molar-refractivity contribution >= 4 is 11.6 Å². The molecule has 1 fully saturated rings. The van der Waals surface area contributed by atoms with E-state index in [4.69, 9.17) is 0 Å². The summed E-state index contributed by atoms with van der Waals surface area (Å²) < 4.78 is 13.2. The molecule has 2 aromatic carbocycles. The van der Waals surface area contributed by atoms with Gasteiger partial charge in [-0.1, -0.05) is 18.2 Å². The van der Waals surface area contributed by atoms with Gasteiger partial charge in [0.1, 0.15) is 5.82 Å². The number of nitro benzene ring substituents is 1. The Morgan fingerprint density at radius 3 is 2.73 bits per heavy atom. The van der Waals surface area contributed by atoms with Crippen molar-refractivity contribution in [2.45, 2.75) is 18.4 Å². The van der Waals surface area contributed by atoms with E-state index < -0.39 is 4.92 Å². The van der Waals surface area contributed by atoms with Gasteiger partial charge in [-0.3, -0.25) is 14.9 Å². The molecule has 0 heterocycles. The van der Waals surface area contributed by atoms with Crippen LogP contribution in [-0.2, 0) is 0 Å². The Morgan fingerprint density at radius 2 is 2.00 bits per heavy atom. The zero-order valence-electron chi connectivity index (χ0n) is 11.5. The number of hydrogen-bond donors (Lipinski definition) is 1. The van der Waals surface area contributed by atoms with E-state index in [9.17, 15) is 19.3 Å². The maximum atomic E-state index is 13.2. The van der Waals surface area contributed by atoms with Gasteiger partial charge in [0.15, 0.2) is 0 Å². The second kappa shape index (κ2) is 5.55. The molecular weight excluding hydrogens is 287 g/mol. The highest BCUT2D eigenvalue weighted by Gasteiger charge is 2.39. The van der Waals surface area contributed by atoms with Crippen LogP contribution in [0.1, 0.15) is 28.3 Å². The van der Waals surface area contributed by atoms with Crippen LogP contribution in [-0.4, -0.2) is 16.9 Å². The minimum atomic E-state index is -0.538. The number of rotatable bonds is 4. The fraction of sp³-hybridized carbons (Fsp3) is 0.188. The first-order chi connectivity index (χ1) is 10.5. The van der Waals surface area contributed by atoms with E-state index in [0.29, 0.717) is 0 Å². The molecule has 22 heavy (non-hydrogen) atoms. The summed E-state index contributed by atoms with van der Waals surface area (Å²) in [5.74, 6) is -0.556. The first kappa shape index (κ1) is 14.2. The number of halogens is 1. The van der Waals surface area contributed by atoms with Gasteiger partial charge in [0.25, 0.3) is 11.6 Å². The quantitative estimate of drug-likeness (QED) is 0.697. The van der Waals surface area contributed by atoms with Gasteiger partial charge in [-0.25, -0.2) is 4.39 Å². The smallest absolute Gasteiger partial charge is 0.270 e. The molecule has 1 N–H and O–H groups in total. The minimum absolute atomic E-state index is 0.0615. The van der Waals surface area contributed by atoms with E-state index in [1.54, 1.807) is 6.07 Å². The van der Waals surface area contributed by atoms with Gasteiger partial charge < -0.3 is 5.32 Å². The minimum Gasteiger partial charge on any atom is -0.349 e. The van der Waals surface area contributed by atoms with Gasteiger partial charge in [-0.15, -0.1) is 0 Å². The molecule has 0 aliphatic heterocycles. The molecule has 0 spiro atoms. The molecule has 2 aromatic rings. The van der Waals surface area contributed by atoms with Gasteiger partial charge in [0.2, 0.25) is 0 Å². The van der Waals surface area contributed by atoms with Crippen molar-refractivity contribution in [1.82, 2.24) is 5.32 Å². The summed E-state index contributed by atoms with van der Waals surface area (Å²) in [5.41, 5.74) is 0.980. The van der Waals surface area contributed by atoms with Crippen LogP contribution < -0.4 is 5.32 Å². The number of carbonyl (C=O) groups excluding carboxylic acids is 1. The Balaban J connectivity index is 1.66. The van der Waals surface area contributed by atoms with Crippen LogP contribution in [0.5, 0.6) is 0 Å². The van der Waals surface area contributed by atoms with Crippen molar-refractivity contribution in [2.75, 3.05) is 0 Å². The fourth-order valence-electron chi connectivity index (χ4n) is 2.47. The molecule has 1 saturated carbocycles. The largest absolute Gasteiger partial charge is 0.349 e. The second-order valence-electron chi connectivity index (χ2n) is 5.28. The number of hydrogen-bond acceptors (Lipinski definition) is 3. The maximum Gasteiger partial charge on any atom is 0.270 e. The van der Waals surface area contributed by atoms with Crippen molar-refractivity contribution in [3.63, 3.8) is 0 Å². The second-order valence-corrected chi connectivity index (χ2v) is 5.28. The lowest BCUT2D eigenvalue weighted by Crippen LogP contribution is -2.26. The van der Waals surface area contributed by atoms with Crippen molar-refractivity contribution in [1.29, 1.82) is 0 Å². The van der Waals surface area contributed by atoms with Crippen molar-refractivity contribution in [3.05, 3.63) is 75.6 Å². The van der Waals surface area contributed by atoms with Crippen molar-refractivity contribution in [3.8, 4) is 0 Å². The zero-order chi connectivity index (χ0) is 15.7. The molecule has 5 nitrogen and oxygen atoms in total. The summed E-state index contributed by atoms with van der Waals surface area (Å²) in [7, 11) is 0. The van der Waals surface area contributed by atoms with Crippen molar-refractivity contribution in [2.24, 2.45) is 0 Å². The average molecular weight is 300 g/mol. The Bertz CT molecular complexity index is 748. The van der Waals surface area contributed by atoms with Crippen LogP contribution >= 0.6 is 0 Å². The third-order valence-corrected chi connectivity index (χ3v) is 3.70. The molecule has 1 amide bonds. The number of benzene rings is 2. The zero-order valence-corrected chi connectivity index (χ0v) is 11.5. The maximum absolute atomic E-state index is 13.2. The van der Waals surface area contributed by atoms with Crippen LogP contribution in [0.2, 0.25) is 0 Å². The summed E-state index contributed by atoms with van der Waals surface area (Å²) in [6.07, 6.45) is 0.740. The van der Waals surface area contributed by atoms with Gasteiger partial charge in [0, 0.05) is 29.7 Å². The number of nitrogens with zero attached hydrogens (tertiary/aromatic N) is 1. The molecule has 1 aliphatic rings. The third-order valence-electron chi connectivity index (χ3n) is 3.70.